The van der Waals surface area contributed by atoms with Gasteiger partial charge in [-0.2, -0.15) is 0 Å². The zero-order chi connectivity index (χ0) is 36.9. The number of amides is 2. The van der Waals surface area contributed by atoms with E-state index in [4.69, 9.17) is 23.2 Å². The quantitative estimate of drug-likeness (QED) is 0.152. The first-order chi connectivity index (χ1) is 25.7. The molecule has 0 bridgehead atoms. The zero-order valence-corrected chi connectivity index (χ0v) is 30.9. The van der Waals surface area contributed by atoms with Crippen LogP contribution in [0, 0.1) is 5.82 Å². The summed E-state index contributed by atoms with van der Waals surface area (Å²) in [6, 6.07) is 27.0. The summed E-state index contributed by atoms with van der Waals surface area (Å²) >= 11 is 13.1. The summed E-state index contributed by atoms with van der Waals surface area (Å²) in [6.45, 7) is 0. The minimum Gasteiger partial charge on any atom is -0.393 e. The van der Waals surface area contributed by atoms with Crippen molar-refractivity contribution in [2.75, 3.05) is 5.32 Å². The van der Waals surface area contributed by atoms with E-state index in [0.717, 1.165) is 24.8 Å². The molecule has 4 N–H and O–H groups in total. The molecule has 8 rings (SSSR count). The fraction of sp³-hybridized carbons (Fsp3) is 0.395. The van der Waals surface area contributed by atoms with E-state index in [1.54, 1.807) is 24.3 Å². The first kappa shape index (κ1) is 36.2. The molecule has 7 nitrogen and oxygen atoms in total. The fourth-order valence-corrected chi connectivity index (χ4v) is 10.7. The van der Waals surface area contributed by atoms with Crippen LogP contribution in [0.4, 0.5) is 10.1 Å². The Kier molecular flexibility index (Phi) is 9.87. The van der Waals surface area contributed by atoms with Crippen LogP contribution in [0.2, 0.25) is 10.0 Å². The van der Waals surface area contributed by atoms with E-state index in [1.807, 2.05) is 66.7 Å². The van der Waals surface area contributed by atoms with Crippen molar-refractivity contribution in [3.05, 3.63) is 135 Å². The molecule has 5 atom stereocenters. The lowest BCUT2D eigenvalue weighted by Gasteiger charge is -2.53. The number of rotatable bonds is 7. The van der Waals surface area contributed by atoms with E-state index in [9.17, 15) is 10.2 Å². The predicted octanol–water partition coefficient (Wildman–Crippen LogP) is 8.39. The molecular weight excluding hydrogens is 712 g/mol. The average Bonchev–Trinajstić information content (AvgIpc) is 3.59. The van der Waals surface area contributed by atoms with Gasteiger partial charge in [-0.3, -0.25) is 14.5 Å². The van der Waals surface area contributed by atoms with Crippen molar-refractivity contribution < 1.29 is 24.2 Å². The van der Waals surface area contributed by atoms with Crippen LogP contribution in [0.25, 0.3) is 0 Å². The first-order valence-electron chi connectivity index (χ1n) is 18.8. The molecule has 10 heteroatoms. The van der Waals surface area contributed by atoms with Crippen LogP contribution >= 0.6 is 23.2 Å². The van der Waals surface area contributed by atoms with Crippen molar-refractivity contribution in [3.63, 3.8) is 0 Å². The topological polar surface area (TPSA) is 102 Å². The van der Waals surface area contributed by atoms with Gasteiger partial charge >= 0.3 is 0 Å². The Morgan fingerprint density at radius 2 is 1.53 bits per heavy atom. The number of nitrogens with one attached hydrogen (secondary N) is 2. The average molecular weight is 757 g/mol. The maximum atomic E-state index is 16.9. The number of hydrogen-bond donors (Lipinski definition) is 4. The Morgan fingerprint density at radius 1 is 0.868 bits per heavy atom. The Hall–Kier alpha value is -3.79. The SMILES string of the molecule is O=C(NC1CCC(O)CC1)[C@H]1[C@H](c2cccc(Cl)c2F)[C@@]2(C(=O)Nc3cc(Cl)ccc32)C2(CCCCC2)N1[C@H](c1ccccc1)[C@H](O)c1ccccc1. The molecule has 2 amide bonds. The van der Waals surface area contributed by atoms with Gasteiger partial charge in [-0.1, -0.05) is 121 Å². The van der Waals surface area contributed by atoms with Crippen LogP contribution in [0.5, 0.6) is 0 Å². The predicted molar refractivity (Wildman–Crippen MR) is 204 cm³/mol. The van der Waals surface area contributed by atoms with Crippen LogP contribution in [-0.2, 0) is 15.0 Å². The van der Waals surface area contributed by atoms with Crippen molar-refractivity contribution in [1.29, 1.82) is 0 Å². The Balaban J connectivity index is 1.46. The molecule has 3 fully saturated rings. The van der Waals surface area contributed by atoms with Gasteiger partial charge in [0.05, 0.1) is 29.3 Å². The molecule has 276 valence electrons. The summed E-state index contributed by atoms with van der Waals surface area (Å²) in [5, 5.41) is 29.9. The van der Waals surface area contributed by atoms with Gasteiger partial charge in [0.15, 0.2) is 0 Å². The fourth-order valence-electron chi connectivity index (χ4n) is 10.4. The standard InChI is InChI=1S/C43H44Cl2FN3O4/c44-28-17-22-32-34(25-28)48-41(53)43(32)35(31-15-10-16-33(45)36(31)46)38(40(52)47-29-18-20-30(50)21-19-29)49(42(43)23-8-3-9-24-42)37(26-11-4-1-5-12-26)39(51)27-13-6-2-7-14-27/h1-2,4-7,10-17,22,25,29-30,35,37-39,50-51H,3,8-9,18-21,23-24H2,(H,47,52)(H,48,53)/t29?,30?,35-,37+,38+,39+,43-/m0/s1. The molecule has 2 aliphatic carbocycles. The monoisotopic (exact) mass is 755 g/mol. The molecule has 2 spiro atoms. The second-order valence-electron chi connectivity index (χ2n) is 15.2. The van der Waals surface area contributed by atoms with Gasteiger partial charge in [-0.05, 0) is 79.0 Å². The van der Waals surface area contributed by atoms with Gasteiger partial charge in [-0.25, -0.2) is 4.39 Å². The maximum absolute atomic E-state index is 16.9. The van der Waals surface area contributed by atoms with Crippen LogP contribution in [0.15, 0.2) is 97.1 Å². The van der Waals surface area contributed by atoms with E-state index in [2.05, 4.69) is 15.5 Å². The van der Waals surface area contributed by atoms with E-state index >= 15 is 14.0 Å². The van der Waals surface area contributed by atoms with Crippen LogP contribution in [-0.4, -0.2) is 50.7 Å². The smallest absolute Gasteiger partial charge is 0.238 e. The highest BCUT2D eigenvalue weighted by Gasteiger charge is 2.76. The van der Waals surface area contributed by atoms with Gasteiger partial charge < -0.3 is 20.8 Å². The van der Waals surface area contributed by atoms with Crippen molar-refractivity contribution >= 4 is 40.7 Å². The molecule has 0 unspecified atom stereocenters. The Labute approximate surface area is 319 Å². The van der Waals surface area contributed by atoms with Gasteiger partial charge in [0, 0.05) is 28.2 Å². The third-order valence-electron chi connectivity index (χ3n) is 12.5. The van der Waals surface area contributed by atoms with Gasteiger partial charge in [0.25, 0.3) is 0 Å². The number of hydrogen-bond acceptors (Lipinski definition) is 5. The van der Waals surface area contributed by atoms with Crippen molar-refractivity contribution in [1.82, 2.24) is 10.2 Å². The van der Waals surface area contributed by atoms with Crippen molar-refractivity contribution in [2.24, 2.45) is 0 Å². The summed E-state index contributed by atoms with van der Waals surface area (Å²) in [7, 11) is 0. The number of aliphatic hydroxyl groups excluding tert-OH is 2. The third-order valence-corrected chi connectivity index (χ3v) is 13.0. The van der Waals surface area contributed by atoms with Crippen LogP contribution < -0.4 is 10.6 Å². The van der Waals surface area contributed by atoms with Gasteiger partial charge in [0.2, 0.25) is 11.8 Å². The summed E-state index contributed by atoms with van der Waals surface area (Å²) in [4.78, 5) is 33.0. The summed E-state index contributed by atoms with van der Waals surface area (Å²) in [5.74, 6) is -2.43. The number of nitrogens with zero attached hydrogens (tertiary/aromatic N) is 1. The van der Waals surface area contributed by atoms with E-state index < -0.39 is 47.0 Å². The van der Waals surface area contributed by atoms with Gasteiger partial charge in [-0.15, -0.1) is 0 Å². The number of carbonyl (C=O) groups excluding carboxylic acids is 2. The minimum absolute atomic E-state index is 0.104. The number of halogens is 3. The molecule has 53 heavy (non-hydrogen) atoms. The van der Waals surface area contributed by atoms with E-state index in [-0.39, 0.29) is 28.4 Å². The van der Waals surface area contributed by atoms with E-state index in [1.165, 1.54) is 6.07 Å². The highest BCUT2D eigenvalue weighted by atomic mass is 35.5. The number of benzene rings is 4. The number of anilines is 1. The summed E-state index contributed by atoms with van der Waals surface area (Å²) in [6.07, 6.45) is 4.20. The first-order valence-corrected chi connectivity index (χ1v) is 19.5. The second kappa shape index (κ2) is 14.5. The molecule has 2 aliphatic heterocycles. The Morgan fingerprint density at radius 3 is 2.21 bits per heavy atom. The Bertz CT molecular complexity index is 1990. The maximum Gasteiger partial charge on any atom is 0.238 e. The highest BCUT2D eigenvalue weighted by molar-refractivity contribution is 6.31. The minimum atomic E-state index is -1.49. The van der Waals surface area contributed by atoms with Crippen LogP contribution in [0.1, 0.15) is 98.1 Å². The lowest BCUT2D eigenvalue weighted by molar-refractivity contribution is -0.135. The number of aliphatic hydroxyl groups is 2. The number of carbonyl (C=O) groups is 2. The normalized spacial score (nSPS) is 27.7. The second-order valence-corrected chi connectivity index (χ2v) is 16.1. The zero-order valence-electron chi connectivity index (χ0n) is 29.4. The lowest BCUT2D eigenvalue weighted by Crippen LogP contribution is -2.63. The molecule has 0 radical (unpaired) electrons. The van der Waals surface area contributed by atoms with Crippen LogP contribution in [0.3, 0.4) is 0 Å². The largest absolute Gasteiger partial charge is 0.393 e. The molecule has 0 aromatic heterocycles. The molecule has 2 saturated carbocycles. The lowest BCUT2D eigenvalue weighted by atomic mass is 9.55. The molecule has 4 aromatic rings. The molecule has 4 aliphatic rings. The molecular formula is C43H44Cl2FN3O4. The molecule has 1 saturated heterocycles. The number of fused-ring (bicyclic) bond motifs is 3. The summed E-state index contributed by atoms with van der Waals surface area (Å²) < 4.78 is 16.9. The molecule has 4 aromatic carbocycles. The third kappa shape index (κ3) is 5.89. The van der Waals surface area contributed by atoms with Crippen molar-refractivity contribution in [3.8, 4) is 0 Å². The van der Waals surface area contributed by atoms with E-state index in [0.29, 0.717) is 60.4 Å². The highest BCUT2D eigenvalue weighted by Crippen LogP contribution is 2.69. The van der Waals surface area contributed by atoms with Gasteiger partial charge in [0.1, 0.15) is 11.2 Å². The van der Waals surface area contributed by atoms with Crippen molar-refractivity contribution in [2.45, 2.75) is 105 Å². The number of likely N-dealkylation sites (tertiary alicyclic amines) is 1. The summed E-state index contributed by atoms with van der Waals surface area (Å²) in [5.41, 5.74) is 0.208. The molecule has 2 heterocycles.